The Balaban J connectivity index is 1.09. The van der Waals surface area contributed by atoms with Crippen molar-refractivity contribution in [3.8, 4) is 56.3 Å². The monoisotopic (exact) mass is 652 g/mol. The Hall–Kier alpha value is -6.98. The van der Waals surface area contributed by atoms with E-state index in [2.05, 4.69) is 109 Å². The van der Waals surface area contributed by atoms with E-state index >= 15 is 0 Å². The SMILES string of the molecule is c1ccc(-c2ccc(-c3cc(-c4ccc(-c5nc6cccnc6c6c5ccc5c7ccccc7oc56)cc4)nc(-c4ccccc4)n3)cc2)cc1. The molecule has 51 heavy (non-hydrogen) atoms. The third-order valence-corrected chi connectivity index (χ3v) is 9.56. The van der Waals surface area contributed by atoms with Gasteiger partial charge in [-0.25, -0.2) is 15.0 Å². The van der Waals surface area contributed by atoms with Crippen LogP contribution in [0.25, 0.3) is 100 Å². The molecule has 10 aromatic rings. The van der Waals surface area contributed by atoms with Crippen LogP contribution in [-0.4, -0.2) is 19.9 Å². The lowest BCUT2D eigenvalue weighted by Gasteiger charge is -2.12. The summed E-state index contributed by atoms with van der Waals surface area (Å²) >= 11 is 0. The van der Waals surface area contributed by atoms with Gasteiger partial charge in [-0.1, -0.05) is 133 Å². The number of rotatable bonds is 5. The quantitative estimate of drug-likeness (QED) is 0.173. The lowest BCUT2D eigenvalue weighted by Crippen LogP contribution is -1.96. The maximum absolute atomic E-state index is 6.48. The van der Waals surface area contributed by atoms with Crippen LogP contribution in [0.5, 0.6) is 0 Å². The van der Waals surface area contributed by atoms with Crippen molar-refractivity contribution in [2.24, 2.45) is 0 Å². The summed E-state index contributed by atoms with van der Waals surface area (Å²) in [5.74, 6) is 0.684. The van der Waals surface area contributed by atoms with Gasteiger partial charge in [0.05, 0.1) is 28.0 Å². The summed E-state index contributed by atoms with van der Waals surface area (Å²) in [5, 5.41) is 4.13. The van der Waals surface area contributed by atoms with E-state index in [9.17, 15) is 0 Å². The van der Waals surface area contributed by atoms with Crippen LogP contribution in [0.15, 0.2) is 174 Å². The van der Waals surface area contributed by atoms with Crippen LogP contribution in [0.2, 0.25) is 0 Å². The second-order valence-electron chi connectivity index (χ2n) is 12.6. The summed E-state index contributed by atoms with van der Waals surface area (Å²) in [6.07, 6.45) is 1.82. The molecular formula is C46H28N4O. The highest BCUT2D eigenvalue weighted by Gasteiger charge is 2.18. The molecule has 10 rings (SSSR count). The van der Waals surface area contributed by atoms with E-state index in [1.807, 2.05) is 60.8 Å². The maximum Gasteiger partial charge on any atom is 0.160 e. The molecule has 0 aliphatic rings. The van der Waals surface area contributed by atoms with E-state index in [4.69, 9.17) is 24.4 Å². The van der Waals surface area contributed by atoms with Gasteiger partial charge in [0.15, 0.2) is 5.82 Å². The topological polar surface area (TPSA) is 64.7 Å². The Morgan fingerprint density at radius 2 is 1.00 bits per heavy atom. The second-order valence-corrected chi connectivity index (χ2v) is 12.6. The molecule has 0 unspecified atom stereocenters. The summed E-state index contributed by atoms with van der Waals surface area (Å²) in [6, 6.07) is 56.1. The lowest BCUT2D eigenvalue weighted by atomic mass is 9.98. The minimum absolute atomic E-state index is 0.684. The highest BCUT2D eigenvalue weighted by Crippen LogP contribution is 2.40. The van der Waals surface area contributed by atoms with Gasteiger partial charge in [0, 0.05) is 44.6 Å². The molecule has 0 bridgehead atoms. The summed E-state index contributed by atoms with van der Waals surface area (Å²) in [6.45, 7) is 0. The summed E-state index contributed by atoms with van der Waals surface area (Å²) in [7, 11) is 0. The number of furan rings is 1. The normalized spacial score (nSPS) is 11.5. The lowest BCUT2D eigenvalue weighted by molar-refractivity contribution is 0.673. The van der Waals surface area contributed by atoms with Crippen molar-refractivity contribution in [2.75, 3.05) is 0 Å². The van der Waals surface area contributed by atoms with Crippen LogP contribution in [0, 0.1) is 0 Å². The van der Waals surface area contributed by atoms with Crippen LogP contribution in [0.1, 0.15) is 0 Å². The average Bonchev–Trinajstić information content (AvgIpc) is 3.60. The average molecular weight is 653 g/mol. The van der Waals surface area contributed by atoms with E-state index in [1.165, 1.54) is 11.1 Å². The van der Waals surface area contributed by atoms with Gasteiger partial charge in [-0.2, -0.15) is 0 Å². The molecule has 0 radical (unpaired) electrons. The second kappa shape index (κ2) is 11.9. The molecule has 0 amide bonds. The highest BCUT2D eigenvalue weighted by atomic mass is 16.3. The van der Waals surface area contributed by atoms with Crippen LogP contribution in [0.3, 0.4) is 0 Å². The first-order valence-corrected chi connectivity index (χ1v) is 17.0. The summed E-state index contributed by atoms with van der Waals surface area (Å²) < 4.78 is 6.48. The van der Waals surface area contributed by atoms with Gasteiger partial charge < -0.3 is 4.42 Å². The molecule has 0 spiro atoms. The van der Waals surface area contributed by atoms with Gasteiger partial charge >= 0.3 is 0 Å². The van der Waals surface area contributed by atoms with E-state index in [0.29, 0.717) is 5.82 Å². The van der Waals surface area contributed by atoms with Crippen LogP contribution in [-0.2, 0) is 0 Å². The van der Waals surface area contributed by atoms with Gasteiger partial charge in [-0.15, -0.1) is 0 Å². The van der Waals surface area contributed by atoms with Crippen molar-refractivity contribution in [2.45, 2.75) is 0 Å². The Morgan fingerprint density at radius 3 is 1.73 bits per heavy atom. The molecule has 4 heterocycles. The molecule has 0 aliphatic heterocycles. The predicted molar refractivity (Wildman–Crippen MR) is 207 cm³/mol. The number of aromatic nitrogens is 4. The van der Waals surface area contributed by atoms with E-state index in [1.54, 1.807) is 0 Å². The van der Waals surface area contributed by atoms with E-state index in [0.717, 1.165) is 83.1 Å². The number of fused-ring (bicyclic) bond motifs is 7. The number of para-hydroxylation sites is 1. The Morgan fingerprint density at radius 1 is 0.412 bits per heavy atom. The molecule has 0 aliphatic carbocycles. The number of pyridine rings is 2. The molecule has 0 N–H and O–H groups in total. The van der Waals surface area contributed by atoms with Crippen LogP contribution >= 0.6 is 0 Å². The number of hydrogen-bond acceptors (Lipinski definition) is 5. The van der Waals surface area contributed by atoms with Gasteiger partial charge in [0.2, 0.25) is 0 Å². The third kappa shape index (κ3) is 5.03. The Bertz CT molecular complexity index is 2880. The van der Waals surface area contributed by atoms with Crippen molar-refractivity contribution in [1.82, 2.24) is 19.9 Å². The molecule has 0 saturated heterocycles. The van der Waals surface area contributed by atoms with Crippen molar-refractivity contribution < 1.29 is 4.42 Å². The molecule has 238 valence electrons. The molecule has 0 saturated carbocycles. The first kappa shape index (κ1) is 29.0. The van der Waals surface area contributed by atoms with Crippen molar-refractivity contribution >= 4 is 43.7 Å². The predicted octanol–water partition coefficient (Wildman–Crippen LogP) is 11.8. The Kier molecular flexibility index (Phi) is 6.74. The number of benzene rings is 6. The fourth-order valence-corrected chi connectivity index (χ4v) is 7.02. The first-order chi connectivity index (χ1) is 25.3. The van der Waals surface area contributed by atoms with Crippen molar-refractivity contribution in [1.29, 1.82) is 0 Å². The third-order valence-electron chi connectivity index (χ3n) is 9.56. The minimum atomic E-state index is 0.684. The fourth-order valence-electron chi connectivity index (χ4n) is 7.02. The van der Waals surface area contributed by atoms with Crippen molar-refractivity contribution in [3.05, 3.63) is 170 Å². The molecule has 5 nitrogen and oxygen atoms in total. The largest absolute Gasteiger partial charge is 0.455 e. The zero-order valence-corrected chi connectivity index (χ0v) is 27.4. The standard InChI is InChI=1S/C46H28N4O/c1-3-10-29(11-4-1)30-17-19-31(20-18-30)39-28-40(50-46(49-39)34-12-5-2-6-13-34)32-21-23-33(24-22-32)43-37-26-25-36-35-14-7-8-16-41(35)51-45(36)42(37)44-38(48-43)15-9-27-47-44/h1-28H. The first-order valence-electron chi connectivity index (χ1n) is 17.0. The molecule has 0 atom stereocenters. The molecule has 6 aromatic carbocycles. The number of hydrogen-bond donors (Lipinski definition) is 0. The minimum Gasteiger partial charge on any atom is -0.455 e. The van der Waals surface area contributed by atoms with Crippen molar-refractivity contribution in [3.63, 3.8) is 0 Å². The zero-order valence-electron chi connectivity index (χ0n) is 27.4. The summed E-state index contributed by atoms with van der Waals surface area (Å²) in [5.41, 5.74) is 12.3. The zero-order chi connectivity index (χ0) is 33.7. The number of nitrogens with zero attached hydrogens (tertiary/aromatic N) is 4. The van der Waals surface area contributed by atoms with E-state index in [-0.39, 0.29) is 0 Å². The molecule has 5 heteroatoms. The van der Waals surface area contributed by atoms with Gasteiger partial charge in [0.25, 0.3) is 0 Å². The van der Waals surface area contributed by atoms with Gasteiger partial charge in [-0.3, -0.25) is 4.98 Å². The van der Waals surface area contributed by atoms with Crippen LogP contribution in [0.4, 0.5) is 0 Å². The Labute approximate surface area is 293 Å². The fraction of sp³-hybridized carbons (Fsp3) is 0. The van der Waals surface area contributed by atoms with Gasteiger partial charge in [0.1, 0.15) is 16.7 Å². The molecule has 4 aromatic heterocycles. The molecule has 0 fully saturated rings. The highest BCUT2D eigenvalue weighted by molar-refractivity contribution is 6.23. The van der Waals surface area contributed by atoms with E-state index < -0.39 is 0 Å². The molecular weight excluding hydrogens is 625 g/mol. The smallest absolute Gasteiger partial charge is 0.160 e. The summed E-state index contributed by atoms with van der Waals surface area (Å²) in [4.78, 5) is 20.0. The van der Waals surface area contributed by atoms with Gasteiger partial charge in [-0.05, 0) is 41.5 Å². The van der Waals surface area contributed by atoms with Crippen LogP contribution < -0.4 is 0 Å². The maximum atomic E-state index is 6.48.